The second kappa shape index (κ2) is 9.38. The summed E-state index contributed by atoms with van der Waals surface area (Å²) >= 11 is 1.32. The van der Waals surface area contributed by atoms with Gasteiger partial charge < -0.3 is 9.84 Å². The molecule has 2 amide bonds. The van der Waals surface area contributed by atoms with Gasteiger partial charge in [0.05, 0.1) is 17.6 Å². The number of alkyl halides is 3. The molecular formula is C20H23F3N2O7S2. The Bertz CT molecular complexity index is 1100. The van der Waals surface area contributed by atoms with Crippen LogP contribution < -0.4 is 10.1 Å². The topological polar surface area (TPSA) is 130 Å². The first-order chi connectivity index (χ1) is 15.7. The summed E-state index contributed by atoms with van der Waals surface area (Å²) in [5, 5.41) is 13.0. The molecule has 3 rings (SSSR count). The van der Waals surface area contributed by atoms with Gasteiger partial charge in [0.15, 0.2) is 0 Å². The smallest absolute Gasteiger partial charge is 0.480 e. The molecule has 9 nitrogen and oxygen atoms in total. The van der Waals surface area contributed by atoms with E-state index in [0.717, 1.165) is 23.3 Å². The minimum Gasteiger partial charge on any atom is -0.480 e. The first-order valence-corrected chi connectivity index (χ1v) is 13.5. The van der Waals surface area contributed by atoms with Crippen molar-refractivity contribution < 1.29 is 45.8 Å². The maximum atomic E-state index is 13.3. The van der Waals surface area contributed by atoms with Crippen LogP contribution in [0.4, 0.5) is 13.2 Å². The molecule has 2 heterocycles. The number of imide groups is 1. The molecular weight excluding hydrogens is 501 g/mol. The number of hydrogen-bond acceptors (Lipinski definition) is 8. The molecule has 0 saturated carbocycles. The number of fused-ring (bicyclic) bond motifs is 1. The molecule has 0 bridgehead atoms. The number of carboxylic acid groups (broad SMARTS) is 1. The molecule has 2 aliphatic rings. The van der Waals surface area contributed by atoms with E-state index in [1.54, 1.807) is 6.26 Å². The van der Waals surface area contributed by atoms with Crippen LogP contribution in [0.5, 0.6) is 5.75 Å². The number of sulfone groups is 1. The minimum atomic E-state index is -4.96. The molecule has 2 aliphatic heterocycles. The average Bonchev–Trinajstić information content (AvgIpc) is 3.18. The van der Waals surface area contributed by atoms with Crippen molar-refractivity contribution in [3.8, 4) is 5.75 Å². The minimum absolute atomic E-state index is 0.0428. The van der Waals surface area contributed by atoms with E-state index in [-0.39, 0.29) is 12.0 Å². The molecule has 1 aromatic rings. The number of benzene rings is 1. The van der Waals surface area contributed by atoms with E-state index >= 15 is 0 Å². The lowest BCUT2D eigenvalue weighted by Gasteiger charge is -2.31. The first kappa shape index (κ1) is 26.3. The van der Waals surface area contributed by atoms with Gasteiger partial charge in [0.25, 0.3) is 0 Å². The molecule has 2 fully saturated rings. The van der Waals surface area contributed by atoms with Crippen LogP contribution in [0.1, 0.15) is 18.0 Å². The van der Waals surface area contributed by atoms with Gasteiger partial charge in [0, 0.05) is 18.8 Å². The summed E-state index contributed by atoms with van der Waals surface area (Å²) in [6, 6.07) is 3.65. The quantitative estimate of drug-likeness (QED) is 0.461. The van der Waals surface area contributed by atoms with E-state index in [9.17, 15) is 41.1 Å². The Morgan fingerprint density at radius 1 is 1.29 bits per heavy atom. The SMILES string of the molecule is CSCCC1(C(=O)O)NC(c2cccc(OC(F)(F)F)c2)C2C(=O)N(CCS(C)(=O)=O)C(=O)C21. The number of nitrogens with zero attached hydrogens (tertiary/aromatic N) is 1. The molecule has 14 heteroatoms. The third-order valence-electron chi connectivity index (χ3n) is 5.96. The number of likely N-dealkylation sites (tertiary alicyclic amines) is 1. The number of nitrogens with one attached hydrogen (secondary N) is 1. The number of rotatable bonds is 9. The highest BCUT2D eigenvalue weighted by molar-refractivity contribution is 7.98. The summed E-state index contributed by atoms with van der Waals surface area (Å²) in [5.74, 6) is -6.32. The fourth-order valence-electron chi connectivity index (χ4n) is 4.53. The van der Waals surface area contributed by atoms with Crippen molar-refractivity contribution >= 4 is 39.4 Å². The van der Waals surface area contributed by atoms with Gasteiger partial charge in [-0.3, -0.25) is 24.6 Å². The molecule has 1 aromatic carbocycles. The lowest BCUT2D eigenvalue weighted by Crippen LogP contribution is -2.56. The van der Waals surface area contributed by atoms with E-state index in [1.807, 2.05) is 0 Å². The number of thioether (sulfide) groups is 1. The zero-order valence-corrected chi connectivity index (χ0v) is 19.8. The molecule has 0 aromatic heterocycles. The van der Waals surface area contributed by atoms with Crippen molar-refractivity contribution in [2.24, 2.45) is 11.8 Å². The monoisotopic (exact) mass is 524 g/mol. The number of amides is 2. The normalized spacial score (nSPS) is 27.2. The molecule has 34 heavy (non-hydrogen) atoms. The van der Waals surface area contributed by atoms with Crippen LogP contribution in [0.25, 0.3) is 0 Å². The van der Waals surface area contributed by atoms with Crippen molar-refractivity contribution in [3.63, 3.8) is 0 Å². The summed E-state index contributed by atoms with van der Waals surface area (Å²) in [6.45, 7) is -0.439. The van der Waals surface area contributed by atoms with Gasteiger partial charge in [-0.15, -0.1) is 13.2 Å². The van der Waals surface area contributed by atoms with Gasteiger partial charge in [-0.2, -0.15) is 11.8 Å². The van der Waals surface area contributed by atoms with E-state index in [4.69, 9.17) is 0 Å². The van der Waals surface area contributed by atoms with Gasteiger partial charge in [0.1, 0.15) is 21.1 Å². The Labute approximate surface area is 197 Å². The number of aliphatic carboxylic acids is 1. The van der Waals surface area contributed by atoms with Crippen LogP contribution in [0.15, 0.2) is 24.3 Å². The maximum absolute atomic E-state index is 13.3. The van der Waals surface area contributed by atoms with E-state index in [1.165, 1.54) is 23.9 Å². The first-order valence-electron chi connectivity index (χ1n) is 10.1. The molecule has 2 saturated heterocycles. The molecule has 0 aliphatic carbocycles. The van der Waals surface area contributed by atoms with Gasteiger partial charge >= 0.3 is 12.3 Å². The lowest BCUT2D eigenvalue weighted by molar-refractivity contribution is -0.274. The highest BCUT2D eigenvalue weighted by Crippen LogP contribution is 2.50. The van der Waals surface area contributed by atoms with Gasteiger partial charge in [0.2, 0.25) is 11.8 Å². The van der Waals surface area contributed by atoms with Crippen molar-refractivity contribution in [2.45, 2.75) is 24.4 Å². The molecule has 4 unspecified atom stereocenters. The summed E-state index contributed by atoms with van der Waals surface area (Å²) in [7, 11) is -3.53. The predicted octanol–water partition coefficient (Wildman–Crippen LogP) is 1.45. The summed E-state index contributed by atoms with van der Waals surface area (Å²) < 4.78 is 65.3. The van der Waals surface area contributed by atoms with Gasteiger partial charge in [-0.05, 0) is 36.1 Å². The van der Waals surface area contributed by atoms with Crippen LogP contribution in [-0.2, 0) is 24.2 Å². The second-order valence-corrected chi connectivity index (χ2v) is 11.5. The Kier molecular flexibility index (Phi) is 7.25. The van der Waals surface area contributed by atoms with Crippen molar-refractivity contribution in [1.82, 2.24) is 10.2 Å². The zero-order valence-electron chi connectivity index (χ0n) is 18.2. The number of ether oxygens (including phenoxy) is 1. The number of hydrogen-bond donors (Lipinski definition) is 2. The molecule has 4 atom stereocenters. The fourth-order valence-corrected chi connectivity index (χ4v) is 5.57. The highest BCUT2D eigenvalue weighted by atomic mass is 32.2. The van der Waals surface area contributed by atoms with Crippen molar-refractivity contribution in [1.29, 1.82) is 0 Å². The fraction of sp³-hybridized carbons (Fsp3) is 0.550. The molecule has 0 radical (unpaired) electrons. The number of carbonyl (C=O) groups excluding carboxylic acids is 2. The summed E-state index contributed by atoms with van der Waals surface area (Å²) in [4.78, 5) is 39.7. The summed E-state index contributed by atoms with van der Waals surface area (Å²) in [6.07, 6.45) is -2.33. The molecule has 2 N–H and O–H groups in total. The standard InChI is InChI=1S/C20H23F3N2O7S2/c1-33-8-6-19(18(28)29)14-13(16(26)25(17(14)27)7-9-34(2,30)31)15(24-19)11-4-3-5-12(10-11)32-20(21,22)23/h3-5,10,13-15,24H,6-9H2,1-2H3,(H,28,29). The van der Waals surface area contributed by atoms with Crippen molar-refractivity contribution in [3.05, 3.63) is 29.8 Å². The molecule has 188 valence electrons. The Morgan fingerprint density at radius 2 is 1.97 bits per heavy atom. The summed E-state index contributed by atoms with van der Waals surface area (Å²) in [5.41, 5.74) is -1.73. The number of carboxylic acids is 1. The number of halogens is 3. The van der Waals surface area contributed by atoms with Crippen LogP contribution in [0.2, 0.25) is 0 Å². The average molecular weight is 525 g/mol. The Balaban J connectivity index is 2.07. The Morgan fingerprint density at radius 3 is 2.53 bits per heavy atom. The van der Waals surface area contributed by atoms with E-state index in [2.05, 4.69) is 10.1 Å². The van der Waals surface area contributed by atoms with Crippen LogP contribution in [0.3, 0.4) is 0 Å². The van der Waals surface area contributed by atoms with E-state index < -0.39 is 75.4 Å². The van der Waals surface area contributed by atoms with Gasteiger partial charge in [-0.1, -0.05) is 12.1 Å². The van der Waals surface area contributed by atoms with Gasteiger partial charge in [-0.25, -0.2) is 8.42 Å². The van der Waals surface area contributed by atoms with E-state index in [0.29, 0.717) is 5.75 Å². The third kappa shape index (κ3) is 5.18. The Hall–Kier alpha value is -2.32. The maximum Gasteiger partial charge on any atom is 0.573 e. The number of carbonyl (C=O) groups is 3. The molecule has 0 spiro atoms. The van der Waals surface area contributed by atoms with Crippen molar-refractivity contribution in [2.75, 3.05) is 30.6 Å². The third-order valence-corrected chi connectivity index (χ3v) is 7.50. The lowest BCUT2D eigenvalue weighted by atomic mass is 9.78. The predicted molar refractivity (Wildman–Crippen MR) is 116 cm³/mol. The second-order valence-electron chi connectivity index (χ2n) is 8.22. The van der Waals surface area contributed by atoms with Crippen LogP contribution in [-0.4, -0.2) is 78.7 Å². The largest absolute Gasteiger partial charge is 0.573 e. The zero-order chi connectivity index (χ0) is 25.5. The van der Waals surface area contributed by atoms with Crippen LogP contribution in [0, 0.1) is 11.8 Å². The highest BCUT2D eigenvalue weighted by Gasteiger charge is 2.68. The van der Waals surface area contributed by atoms with Crippen LogP contribution >= 0.6 is 11.8 Å².